The first kappa shape index (κ1) is 21.1. The molecule has 116 valence electrons. The third-order valence-electron chi connectivity index (χ3n) is 2.26. The van der Waals surface area contributed by atoms with Crippen molar-refractivity contribution in [2.24, 2.45) is 0 Å². The molecule has 1 aromatic carbocycles. The van der Waals surface area contributed by atoms with E-state index in [1.807, 2.05) is 0 Å². The highest BCUT2D eigenvalue weighted by atomic mass is 35.5. The molecule has 0 aliphatic heterocycles. The van der Waals surface area contributed by atoms with Crippen LogP contribution in [0.4, 0.5) is 24.5 Å². The van der Waals surface area contributed by atoms with Gasteiger partial charge < -0.3 is 16.4 Å². The molecule has 20 heavy (non-hydrogen) atoms. The van der Waals surface area contributed by atoms with E-state index in [1.54, 1.807) is 7.05 Å². The predicted octanol–water partition coefficient (Wildman–Crippen LogP) is 2.68. The van der Waals surface area contributed by atoms with Gasteiger partial charge in [0.1, 0.15) is 0 Å². The van der Waals surface area contributed by atoms with Gasteiger partial charge in [0.2, 0.25) is 5.91 Å². The molecule has 4 N–H and O–H groups in total. The van der Waals surface area contributed by atoms with Crippen molar-refractivity contribution in [1.29, 1.82) is 0 Å². The molecule has 9 heteroatoms. The summed E-state index contributed by atoms with van der Waals surface area (Å²) in [6.45, 7) is 0.435. The van der Waals surface area contributed by atoms with E-state index >= 15 is 0 Å². The quantitative estimate of drug-likeness (QED) is 0.742. The van der Waals surface area contributed by atoms with Crippen LogP contribution in [0.3, 0.4) is 0 Å². The maximum atomic E-state index is 12.5. The monoisotopic (exact) mass is 333 g/mol. The van der Waals surface area contributed by atoms with Gasteiger partial charge in [-0.1, -0.05) is 0 Å². The highest BCUT2D eigenvalue weighted by Gasteiger charge is 2.31. The number of hydrogen-bond acceptors (Lipinski definition) is 3. The fourth-order valence-electron chi connectivity index (χ4n) is 1.29. The Hall–Kier alpha value is -1.18. The van der Waals surface area contributed by atoms with Crippen LogP contribution < -0.4 is 16.4 Å². The van der Waals surface area contributed by atoms with Crippen molar-refractivity contribution < 1.29 is 18.0 Å². The summed E-state index contributed by atoms with van der Waals surface area (Å²) in [7, 11) is 1.67. The molecular formula is C11H16Cl2F3N3O. The van der Waals surface area contributed by atoms with Gasteiger partial charge in [0, 0.05) is 13.0 Å². The molecule has 0 bridgehead atoms. The van der Waals surface area contributed by atoms with Crippen molar-refractivity contribution in [1.82, 2.24) is 5.32 Å². The molecule has 0 unspecified atom stereocenters. The van der Waals surface area contributed by atoms with Crippen LogP contribution in [0.5, 0.6) is 0 Å². The second-order valence-corrected chi connectivity index (χ2v) is 3.70. The molecule has 0 aliphatic carbocycles. The van der Waals surface area contributed by atoms with Crippen molar-refractivity contribution in [2.75, 3.05) is 24.6 Å². The number of nitrogens with one attached hydrogen (secondary N) is 2. The summed E-state index contributed by atoms with van der Waals surface area (Å²) in [6, 6.07) is 2.82. The van der Waals surface area contributed by atoms with Crippen molar-refractivity contribution in [2.45, 2.75) is 12.6 Å². The molecule has 0 radical (unpaired) electrons. The van der Waals surface area contributed by atoms with Crippen LogP contribution >= 0.6 is 24.8 Å². The highest BCUT2D eigenvalue weighted by molar-refractivity contribution is 5.94. The van der Waals surface area contributed by atoms with Crippen LogP contribution in [-0.2, 0) is 11.0 Å². The van der Waals surface area contributed by atoms with Crippen LogP contribution in [0.15, 0.2) is 18.2 Å². The number of nitrogens with two attached hydrogens (primary N) is 1. The average Bonchev–Trinajstić information content (AvgIpc) is 2.28. The number of amides is 1. The predicted molar refractivity (Wildman–Crippen MR) is 77.5 cm³/mol. The number of nitrogen functional groups attached to an aromatic ring is 1. The normalized spacial score (nSPS) is 10.2. The smallest absolute Gasteiger partial charge is 0.397 e. The van der Waals surface area contributed by atoms with Crippen molar-refractivity contribution in [3.63, 3.8) is 0 Å². The van der Waals surface area contributed by atoms with Crippen LogP contribution in [-0.4, -0.2) is 19.5 Å². The van der Waals surface area contributed by atoms with Gasteiger partial charge in [0.15, 0.2) is 0 Å². The minimum atomic E-state index is -4.46. The first-order valence-electron chi connectivity index (χ1n) is 5.25. The SMILES string of the molecule is CNCCC(=O)Nc1cc(C(F)(F)F)ccc1N.Cl.Cl. The lowest BCUT2D eigenvalue weighted by Crippen LogP contribution is -2.19. The van der Waals surface area contributed by atoms with Crippen LogP contribution in [0, 0.1) is 0 Å². The molecule has 0 saturated heterocycles. The Bertz CT molecular complexity index is 441. The van der Waals surface area contributed by atoms with Crippen LogP contribution in [0.25, 0.3) is 0 Å². The number of rotatable bonds is 4. The number of carbonyl (C=O) groups excluding carboxylic acids is 1. The van der Waals surface area contributed by atoms with Gasteiger partial charge in [-0.3, -0.25) is 4.79 Å². The lowest BCUT2D eigenvalue weighted by molar-refractivity contribution is -0.137. The van der Waals surface area contributed by atoms with Gasteiger partial charge in [-0.2, -0.15) is 13.2 Å². The van der Waals surface area contributed by atoms with E-state index in [9.17, 15) is 18.0 Å². The number of benzene rings is 1. The molecule has 1 amide bonds. The molecule has 0 aliphatic rings. The summed E-state index contributed by atoms with van der Waals surface area (Å²) in [6.07, 6.45) is -4.30. The van der Waals surface area contributed by atoms with E-state index in [-0.39, 0.29) is 42.6 Å². The number of carbonyl (C=O) groups is 1. The number of anilines is 2. The van der Waals surface area contributed by atoms with E-state index < -0.39 is 17.6 Å². The summed E-state index contributed by atoms with van der Waals surface area (Å²) in [5, 5.41) is 5.12. The molecule has 1 rings (SSSR count). The van der Waals surface area contributed by atoms with Crippen LogP contribution in [0.1, 0.15) is 12.0 Å². The summed E-state index contributed by atoms with van der Waals surface area (Å²) in [5.74, 6) is -0.393. The average molecular weight is 334 g/mol. The van der Waals surface area contributed by atoms with E-state index in [1.165, 1.54) is 0 Å². The molecule has 1 aromatic rings. The Kier molecular flexibility index (Phi) is 9.38. The van der Waals surface area contributed by atoms with Crippen molar-refractivity contribution in [3.05, 3.63) is 23.8 Å². The number of alkyl halides is 3. The van der Waals surface area contributed by atoms with Gasteiger partial charge in [0.05, 0.1) is 16.9 Å². The zero-order valence-electron chi connectivity index (χ0n) is 10.6. The molecular weight excluding hydrogens is 318 g/mol. The fourth-order valence-corrected chi connectivity index (χ4v) is 1.29. The zero-order valence-corrected chi connectivity index (χ0v) is 12.2. The molecule has 0 atom stereocenters. The Morgan fingerprint density at radius 1 is 1.30 bits per heavy atom. The first-order valence-corrected chi connectivity index (χ1v) is 5.25. The van der Waals surface area contributed by atoms with Gasteiger partial charge in [-0.15, -0.1) is 24.8 Å². The maximum Gasteiger partial charge on any atom is 0.416 e. The molecule has 0 fully saturated rings. The topological polar surface area (TPSA) is 67.2 Å². The molecule has 0 aromatic heterocycles. The molecule has 4 nitrogen and oxygen atoms in total. The van der Waals surface area contributed by atoms with Gasteiger partial charge >= 0.3 is 6.18 Å². The minimum Gasteiger partial charge on any atom is -0.397 e. The summed E-state index contributed by atoms with van der Waals surface area (Å²) >= 11 is 0. The van der Waals surface area contributed by atoms with Crippen molar-refractivity contribution in [3.8, 4) is 0 Å². The van der Waals surface area contributed by atoms with E-state index in [0.29, 0.717) is 6.54 Å². The largest absolute Gasteiger partial charge is 0.416 e. The Balaban J connectivity index is 0. The third-order valence-corrected chi connectivity index (χ3v) is 2.26. The number of hydrogen-bond donors (Lipinski definition) is 3. The molecule has 0 spiro atoms. The van der Waals surface area contributed by atoms with Gasteiger partial charge in [-0.05, 0) is 25.2 Å². The Labute approximate surface area is 127 Å². The molecule has 0 saturated carbocycles. The zero-order chi connectivity index (χ0) is 13.8. The van der Waals surface area contributed by atoms with Gasteiger partial charge in [0.25, 0.3) is 0 Å². The lowest BCUT2D eigenvalue weighted by atomic mass is 10.1. The summed E-state index contributed by atoms with van der Waals surface area (Å²) in [4.78, 5) is 11.4. The maximum absolute atomic E-state index is 12.5. The van der Waals surface area contributed by atoms with Crippen molar-refractivity contribution >= 4 is 42.1 Å². The van der Waals surface area contributed by atoms with Gasteiger partial charge in [-0.25, -0.2) is 0 Å². The summed E-state index contributed by atoms with van der Waals surface area (Å²) in [5.41, 5.74) is 4.74. The Morgan fingerprint density at radius 3 is 2.40 bits per heavy atom. The van der Waals surface area contributed by atoms with E-state index in [0.717, 1.165) is 18.2 Å². The van der Waals surface area contributed by atoms with Crippen LogP contribution in [0.2, 0.25) is 0 Å². The van der Waals surface area contributed by atoms with E-state index in [4.69, 9.17) is 5.73 Å². The number of halogens is 5. The lowest BCUT2D eigenvalue weighted by Gasteiger charge is -2.12. The minimum absolute atomic E-state index is 0. The summed E-state index contributed by atoms with van der Waals surface area (Å²) < 4.78 is 37.4. The second-order valence-electron chi connectivity index (χ2n) is 3.70. The van der Waals surface area contributed by atoms with E-state index in [2.05, 4.69) is 10.6 Å². The first-order chi connectivity index (χ1) is 8.34. The fraction of sp³-hybridized carbons (Fsp3) is 0.364. The highest BCUT2D eigenvalue weighted by Crippen LogP contribution is 2.32. The molecule has 0 heterocycles. The third kappa shape index (κ3) is 6.31. The standard InChI is InChI=1S/C11H14F3N3O.2ClH/c1-16-5-4-10(18)17-9-6-7(11(12,13)14)2-3-8(9)15;;/h2-3,6,16H,4-5,15H2,1H3,(H,17,18);2*1H. The second kappa shape index (κ2) is 8.89. The Morgan fingerprint density at radius 2 is 1.90 bits per heavy atom.